The number of para-hydroxylation sites is 2. The largest absolute Gasteiger partial charge is 0.352 e. The van der Waals surface area contributed by atoms with Gasteiger partial charge < -0.3 is 10.6 Å². The van der Waals surface area contributed by atoms with E-state index in [0.717, 1.165) is 45.5 Å². The first-order valence-electron chi connectivity index (χ1n) is 9.61. The van der Waals surface area contributed by atoms with Crippen molar-refractivity contribution in [1.82, 2.24) is 9.97 Å². The Bertz CT molecular complexity index is 1180. The lowest BCUT2D eigenvalue weighted by atomic mass is 10.1. The molecule has 0 unspecified atom stereocenters. The first-order chi connectivity index (χ1) is 14.2. The lowest BCUT2D eigenvalue weighted by Gasteiger charge is -2.14. The Morgan fingerprint density at radius 2 is 1.86 bits per heavy atom. The molecule has 5 nitrogen and oxygen atoms in total. The van der Waals surface area contributed by atoms with Gasteiger partial charge in [-0.25, -0.2) is 0 Å². The number of fused-ring (bicyclic) bond motifs is 1. The summed E-state index contributed by atoms with van der Waals surface area (Å²) in [5, 5.41) is 7.43. The summed E-state index contributed by atoms with van der Waals surface area (Å²) >= 11 is 0. The van der Waals surface area contributed by atoms with E-state index in [-0.39, 0.29) is 5.91 Å². The number of carbonyl (C=O) groups excluding carboxylic acids is 1. The molecule has 0 fully saturated rings. The Kier molecular flexibility index (Phi) is 5.20. The maximum absolute atomic E-state index is 12.9. The SMILES string of the molecule is CCc1cccc(C)c1NC(=O)c1cncc(Nc2cccc3cccnc23)c1. The number of aromatic nitrogens is 2. The lowest BCUT2D eigenvalue weighted by Crippen LogP contribution is -2.14. The molecule has 2 aromatic carbocycles. The number of rotatable bonds is 5. The summed E-state index contributed by atoms with van der Waals surface area (Å²) < 4.78 is 0. The smallest absolute Gasteiger partial charge is 0.257 e. The second kappa shape index (κ2) is 8.10. The third-order valence-corrected chi connectivity index (χ3v) is 4.89. The zero-order valence-corrected chi connectivity index (χ0v) is 16.4. The number of benzene rings is 2. The fourth-order valence-electron chi connectivity index (χ4n) is 3.38. The van der Waals surface area contributed by atoms with Gasteiger partial charge in [0, 0.05) is 23.5 Å². The van der Waals surface area contributed by atoms with Crippen LogP contribution in [0, 0.1) is 6.92 Å². The predicted molar refractivity (Wildman–Crippen MR) is 118 cm³/mol. The number of anilines is 3. The minimum atomic E-state index is -0.179. The molecular formula is C24H22N4O. The second-order valence-corrected chi connectivity index (χ2v) is 6.88. The molecule has 2 heterocycles. The minimum absolute atomic E-state index is 0.179. The number of nitrogens with one attached hydrogen (secondary N) is 2. The van der Waals surface area contributed by atoms with Crippen molar-refractivity contribution < 1.29 is 4.79 Å². The summed E-state index contributed by atoms with van der Waals surface area (Å²) in [7, 11) is 0. The van der Waals surface area contributed by atoms with Crippen LogP contribution in [0.4, 0.5) is 17.1 Å². The Morgan fingerprint density at radius 3 is 2.72 bits per heavy atom. The number of aryl methyl sites for hydroxylation is 2. The third-order valence-electron chi connectivity index (χ3n) is 4.89. The molecule has 0 saturated heterocycles. The quantitative estimate of drug-likeness (QED) is 0.478. The van der Waals surface area contributed by atoms with Gasteiger partial charge in [0.15, 0.2) is 0 Å². The highest BCUT2D eigenvalue weighted by molar-refractivity contribution is 6.05. The van der Waals surface area contributed by atoms with Gasteiger partial charge >= 0.3 is 0 Å². The molecular weight excluding hydrogens is 360 g/mol. The molecule has 0 spiro atoms. The van der Waals surface area contributed by atoms with Crippen LogP contribution >= 0.6 is 0 Å². The van der Waals surface area contributed by atoms with Gasteiger partial charge in [0.25, 0.3) is 5.91 Å². The first kappa shape index (κ1) is 18.6. The summed E-state index contributed by atoms with van der Waals surface area (Å²) in [4.78, 5) is 21.6. The van der Waals surface area contributed by atoms with Gasteiger partial charge in [-0.05, 0) is 42.7 Å². The van der Waals surface area contributed by atoms with Crippen LogP contribution in [0.1, 0.15) is 28.4 Å². The molecule has 0 aliphatic rings. The normalized spacial score (nSPS) is 10.7. The molecule has 29 heavy (non-hydrogen) atoms. The van der Waals surface area contributed by atoms with E-state index in [9.17, 15) is 4.79 Å². The highest BCUT2D eigenvalue weighted by Crippen LogP contribution is 2.25. The van der Waals surface area contributed by atoms with Gasteiger partial charge in [-0.3, -0.25) is 14.8 Å². The number of hydrogen-bond donors (Lipinski definition) is 2. The average Bonchev–Trinajstić information content (AvgIpc) is 2.75. The summed E-state index contributed by atoms with van der Waals surface area (Å²) in [6, 6.07) is 17.7. The van der Waals surface area contributed by atoms with Crippen molar-refractivity contribution in [1.29, 1.82) is 0 Å². The van der Waals surface area contributed by atoms with Crippen molar-refractivity contribution in [3.8, 4) is 0 Å². The van der Waals surface area contributed by atoms with Crippen LogP contribution in [0.3, 0.4) is 0 Å². The van der Waals surface area contributed by atoms with E-state index in [2.05, 4.69) is 27.5 Å². The standard InChI is InChI=1S/C24H22N4O/c1-3-17-8-4-7-16(2)22(17)28-24(29)19-13-20(15-25-14-19)27-21-11-5-9-18-10-6-12-26-23(18)21/h4-15,27H,3H2,1-2H3,(H,28,29). The van der Waals surface area contributed by atoms with E-state index in [1.54, 1.807) is 24.7 Å². The van der Waals surface area contributed by atoms with E-state index in [1.807, 2.05) is 55.5 Å². The molecule has 2 aromatic heterocycles. The van der Waals surface area contributed by atoms with Crippen molar-refractivity contribution in [3.05, 3.63) is 89.9 Å². The molecule has 5 heteroatoms. The topological polar surface area (TPSA) is 66.9 Å². The van der Waals surface area contributed by atoms with E-state index in [0.29, 0.717) is 5.56 Å². The van der Waals surface area contributed by atoms with Gasteiger partial charge in [-0.2, -0.15) is 0 Å². The summed E-state index contributed by atoms with van der Waals surface area (Å²) in [6.45, 7) is 4.08. The van der Waals surface area contributed by atoms with Crippen LogP contribution in [0.5, 0.6) is 0 Å². The van der Waals surface area contributed by atoms with Crippen LogP contribution in [-0.2, 0) is 6.42 Å². The highest BCUT2D eigenvalue weighted by Gasteiger charge is 2.12. The van der Waals surface area contributed by atoms with Crippen molar-refractivity contribution in [2.45, 2.75) is 20.3 Å². The van der Waals surface area contributed by atoms with Crippen molar-refractivity contribution in [2.24, 2.45) is 0 Å². The van der Waals surface area contributed by atoms with E-state index in [4.69, 9.17) is 0 Å². The van der Waals surface area contributed by atoms with E-state index >= 15 is 0 Å². The zero-order valence-electron chi connectivity index (χ0n) is 16.4. The molecule has 4 aromatic rings. The monoisotopic (exact) mass is 382 g/mol. The number of pyridine rings is 2. The molecule has 0 saturated carbocycles. The van der Waals surface area contributed by atoms with Gasteiger partial charge in [0.2, 0.25) is 0 Å². The number of hydrogen-bond acceptors (Lipinski definition) is 4. The van der Waals surface area contributed by atoms with Gasteiger partial charge in [-0.1, -0.05) is 43.3 Å². The lowest BCUT2D eigenvalue weighted by molar-refractivity contribution is 0.102. The Labute approximate surface area is 169 Å². The molecule has 1 amide bonds. The average molecular weight is 382 g/mol. The maximum atomic E-state index is 12.9. The third kappa shape index (κ3) is 3.94. The highest BCUT2D eigenvalue weighted by atomic mass is 16.1. The Hall–Kier alpha value is -3.73. The maximum Gasteiger partial charge on any atom is 0.257 e. The first-order valence-corrected chi connectivity index (χ1v) is 9.61. The molecule has 144 valence electrons. The van der Waals surface area contributed by atoms with Crippen LogP contribution < -0.4 is 10.6 Å². The fourth-order valence-corrected chi connectivity index (χ4v) is 3.38. The molecule has 0 aliphatic carbocycles. The van der Waals surface area contributed by atoms with Crippen molar-refractivity contribution in [3.63, 3.8) is 0 Å². The predicted octanol–water partition coefficient (Wildman–Crippen LogP) is 5.50. The molecule has 0 radical (unpaired) electrons. The van der Waals surface area contributed by atoms with Crippen molar-refractivity contribution >= 4 is 33.9 Å². The van der Waals surface area contributed by atoms with Gasteiger partial charge in [-0.15, -0.1) is 0 Å². The molecule has 0 aliphatic heterocycles. The van der Waals surface area contributed by atoms with Gasteiger partial charge in [0.1, 0.15) is 0 Å². The molecule has 4 rings (SSSR count). The van der Waals surface area contributed by atoms with Crippen LogP contribution in [0.25, 0.3) is 10.9 Å². The zero-order chi connectivity index (χ0) is 20.2. The van der Waals surface area contributed by atoms with Gasteiger partial charge in [0.05, 0.1) is 28.7 Å². The summed E-state index contributed by atoms with van der Waals surface area (Å²) in [6.07, 6.45) is 5.89. The van der Waals surface area contributed by atoms with Crippen LogP contribution in [-0.4, -0.2) is 15.9 Å². The molecule has 0 atom stereocenters. The summed E-state index contributed by atoms with van der Waals surface area (Å²) in [5.41, 5.74) is 6.00. The summed E-state index contributed by atoms with van der Waals surface area (Å²) in [5.74, 6) is -0.179. The van der Waals surface area contributed by atoms with Crippen molar-refractivity contribution in [2.75, 3.05) is 10.6 Å². The van der Waals surface area contributed by atoms with Crippen LogP contribution in [0.2, 0.25) is 0 Å². The van der Waals surface area contributed by atoms with E-state index in [1.165, 1.54) is 0 Å². The fraction of sp³-hybridized carbons (Fsp3) is 0.125. The number of nitrogens with zero attached hydrogens (tertiary/aromatic N) is 2. The van der Waals surface area contributed by atoms with Crippen LogP contribution in [0.15, 0.2) is 73.2 Å². The molecule has 0 bridgehead atoms. The Balaban J connectivity index is 1.60. The number of carbonyl (C=O) groups is 1. The minimum Gasteiger partial charge on any atom is -0.352 e. The number of amides is 1. The Morgan fingerprint density at radius 1 is 1.03 bits per heavy atom. The second-order valence-electron chi connectivity index (χ2n) is 6.88. The molecule has 2 N–H and O–H groups in total. The van der Waals surface area contributed by atoms with E-state index < -0.39 is 0 Å².